The molecule has 0 spiro atoms. The Kier molecular flexibility index (Phi) is 6.31. The molecule has 0 aliphatic carbocycles. The topological polar surface area (TPSA) is 29.3 Å². The van der Waals surface area contributed by atoms with Crippen LogP contribution in [0.5, 0.6) is 0 Å². The molecule has 0 radical (unpaired) electrons. The molecule has 0 unspecified atom stereocenters. The van der Waals surface area contributed by atoms with Crippen molar-refractivity contribution in [1.82, 2.24) is 4.90 Å². The zero-order valence-electron chi connectivity index (χ0n) is 10.8. The molecule has 1 aromatic carbocycles. The van der Waals surface area contributed by atoms with Crippen LogP contribution in [0.2, 0.25) is 0 Å². The van der Waals surface area contributed by atoms with Gasteiger partial charge in [-0.15, -0.1) is 12.4 Å². The van der Waals surface area contributed by atoms with E-state index in [9.17, 15) is 13.2 Å². The Morgan fingerprint density at radius 1 is 1.35 bits per heavy atom. The molecule has 1 aliphatic rings. The minimum absolute atomic E-state index is 0. The average molecular weight is 374 g/mol. The number of nitrogens with zero attached hydrogens (tertiary/aromatic N) is 1. The van der Waals surface area contributed by atoms with E-state index in [-0.39, 0.29) is 18.4 Å². The quantitative estimate of drug-likeness (QED) is 0.854. The zero-order chi connectivity index (χ0) is 14.0. The Hall–Kier alpha value is -0.300. The molecule has 1 fully saturated rings. The summed E-state index contributed by atoms with van der Waals surface area (Å²) in [4.78, 5) is 1.99. The van der Waals surface area contributed by atoms with Gasteiger partial charge in [-0.05, 0) is 37.1 Å². The molecule has 2 nitrogen and oxygen atoms in total. The van der Waals surface area contributed by atoms with Gasteiger partial charge in [0.15, 0.2) is 0 Å². The summed E-state index contributed by atoms with van der Waals surface area (Å²) in [5.74, 6) is 0. The number of hydrogen-bond acceptors (Lipinski definition) is 2. The van der Waals surface area contributed by atoms with E-state index in [1.807, 2.05) is 4.90 Å². The zero-order valence-corrected chi connectivity index (χ0v) is 13.2. The lowest BCUT2D eigenvalue weighted by atomic mass is 10.0. The predicted molar refractivity (Wildman–Crippen MR) is 78.9 cm³/mol. The Labute approximate surface area is 131 Å². The van der Waals surface area contributed by atoms with Gasteiger partial charge in [-0.3, -0.25) is 4.90 Å². The fourth-order valence-electron chi connectivity index (χ4n) is 2.43. The molecule has 0 aromatic heterocycles. The third kappa shape index (κ3) is 4.62. The molecule has 114 valence electrons. The summed E-state index contributed by atoms with van der Waals surface area (Å²) >= 11 is 3.09. The van der Waals surface area contributed by atoms with E-state index in [4.69, 9.17) is 5.73 Å². The number of likely N-dealkylation sites (tertiary alicyclic amines) is 1. The monoisotopic (exact) mass is 372 g/mol. The molecule has 2 N–H and O–H groups in total. The van der Waals surface area contributed by atoms with Crippen LogP contribution in [-0.2, 0) is 12.7 Å². The highest BCUT2D eigenvalue weighted by atomic mass is 79.9. The van der Waals surface area contributed by atoms with Gasteiger partial charge in [-0.25, -0.2) is 0 Å². The third-order valence-electron chi connectivity index (χ3n) is 3.31. The van der Waals surface area contributed by atoms with E-state index in [1.165, 1.54) is 6.07 Å². The molecule has 1 aromatic rings. The molecule has 2 rings (SSSR count). The molecular formula is C13H17BrClF3N2. The lowest BCUT2D eigenvalue weighted by Crippen LogP contribution is -2.42. The van der Waals surface area contributed by atoms with Crippen molar-refractivity contribution in [3.63, 3.8) is 0 Å². The maximum Gasteiger partial charge on any atom is 0.416 e. The van der Waals surface area contributed by atoms with Gasteiger partial charge < -0.3 is 5.73 Å². The van der Waals surface area contributed by atoms with E-state index in [1.54, 1.807) is 6.07 Å². The molecule has 0 bridgehead atoms. The van der Waals surface area contributed by atoms with Crippen LogP contribution in [0.15, 0.2) is 22.7 Å². The number of halogens is 5. The highest BCUT2D eigenvalue weighted by molar-refractivity contribution is 9.10. The highest BCUT2D eigenvalue weighted by Crippen LogP contribution is 2.34. The number of piperidine rings is 1. The molecule has 20 heavy (non-hydrogen) atoms. The van der Waals surface area contributed by atoms with Crippen molar-refractivity contribution in [2.45, 2.75) is 31.6 Å². The first-order valence-electron chi connectivity index (χ1n) is 6.20. The number of nitrogens with two attached hydrogens (primary N) is 1. The SMILES string of the molecule is Cl.N[C@@H]1CCCN(Cc2ccc(Br)cc2C(F)(F)F)C1. The largest absolute Gasteiger partial charge is 0.416 e. The maximum atomic E-state index is 13.0. The first-order valence-corrected chi connectivity index (χ1v) is 6.99. The van der Waals surface area contributed by atoms with Crippen molar-refractivity contribution in [3.8, 4) is 0 Å². The van der Waals surface area contributed by atoms with E-state index < -0.39 is 11.7 Å². The van der Waals surface area contributed by atoms with Gasteiger partial charge in [-0.2, -0.15) is 13.2 Å². The Balaban J connectivity index is 0.00000200. The Morgan fingerprint density at radius 2 is 2.05 bits per heavy atom. The fraction of sp³-hybridized carbons (Fsp3) is 0.538. The summed E-state index contributed by atoms with van der Waals surface area (Å²) in [5, 5.41) is 0. The van der Waals surface area contributed by atoms with E-state index in [2.05, 4.69) is 15.9 Å². The van der Waals surface area contributed by atoms with E-state index in [0.29, 0.717) is 23.1 Å². The van der Waals surface area contributed by atoms with E-state index >= 15 is 0 Å². The Morgan fingerprint density at radius 3 is 2.65 bits per heavy atom. The summed E-state index contributed by atoms with van der Waals surface area (Å²) < 4.78 is 39.4. The standard InChI is InChI=1S/C13H16BrF3N2.ClH/c14-10-4-3-9(12(6-10)13(15,16)17)7-19-5-1-2-11(18)8-19;/h3-4,6,11H,1-2,5,7-8,18H2;1H/t11-;/m1./s1. The smallest absolute Gasteiger partial charge is 0.327 e. The summed E-state index contributed by atoms with van der Waals surface area (Å²) in [7, 11) is 0. The van der Waals surface area contributed by atoms with Gasteiger partial charge in [0.05, 0.1) is 5.56 Å². The lowest BCUT2D eigenvalue weighted by molar-refractivity contribution is -0.138. The third-order valence-corrected chi connectivity index (χ3v) is 3.81. The average Bonchev–Trinajstić information content (AvgIpc) is 2.30. The van der Waals surface area contributed by atoms with Crippen LogP contribution in [0.4, 0.5) is 13.2 Å². The van der Waals surface area contributed by atoms with Crippen molar-refractivity contribution in [2.24, 2.45) is 5.73 Å². The van der Waals surface area contributed by atoms with Gasteiger partial charge in [-0.1, -0.05) is 22.0 Å². The minimum atomic E-state index is -4.32. The predicted octanol–water partition coefficient (Wildman–Crippen LogP) is 3.81. The maximum absolute atomic E-state index is 13.0. The van der Waals surface area contributed by atoms with Crippen molar-refractivity contribution < 1.29 is 13.2 Å². The van der Waals surface area contributed by atoms with Gasteiger partial charge in [0, 0.05) is 23.6 Å². The molecule has 0 saturated carbocycles. The summed E-state index contributed by atoms with van der Waals surface area (Å²) in [5.41, 5.74) is 5.60. The van der Waals surface area contributed by atoms with Crippen molar-refractivity contribution in [1.29, 1.82) is 0 Å². The van der Waals surface area contributed by atoms with Gasteiger partial charge in [0.1, 0.15) is 0 Å². The summed E-state index contributed by atoms with van der Waals surface area (Å²) in [6.07, 6.45) is -2.43. The summed E-state index contributed by atoms with van der Waals surface area (Å²) in [6, 6.07) is 4.39. The van der Waals surface area contributed by atoms with Crippen molar-refractivity contribution in [2.75, 3.05) is 13.1 Å². The van der Waals surface area contributed by atoms with Crippen LogP contribution in [0.1, 0.15) is 24.0 Å². The number of alkyl halides is 3. The van der Waals surface area contributed by atoms with Crippen LogP contribution >= 0.6 is 28.3 Å². The number of benzene rings is 1. The van der Waals surface area contributed by atoms with Crippen LogP contribution in [0, 0.1) is 0 Å². The number of hydrogen-bond donors (Lipinski definition) is 1. The Bertz CT molecular complexity index is 454. The molecule has 0 amide bonds. The first kappa shape index (κ1) is 17.8. The second-order valence-electron chi connectivity index (χ2n) is 4.94. The van der Waals surface area contributed by atoms with Crippen molar-refractivity contribution in [3.05, 3.63) is 33.8 Å². The second-order valence-corrected chi connectivity index (χ2v) is 5.85. The molecule has 1 saturated heterocycles. The fourth-order valence-corrected chi connectivity index (χ4v) is 2.79. The van der Waals surface area contributed by atoms with Crippen LogP contribution < -0.4 is 5.73 Å². The lowest BCUT2D eigenvalue weighted by Gasteiger charge is -2.31. The molecule has 1 atom stereocenters. The van der Waals surface area contributed by atoms with Crippen molar-refractivity contribution >= 4 is 28.3 Å². The minimum Gasteiger partial charge on any atom is -0.327 e. The van der Waals surface area contributed by atoms with Crippen LogP contribution in [-0.4, -0.2) is 24.0 Å². The normalized spacial score (nSPS) is 20.6. The molecule has 1 heterocycles. The van der Waals surface area contributed by atoms with Crippen LogP contribution in [0.25, 0.3) is 0 Å². The number of rotatable bonds is 2. The summed E-state index contributed by atoms with van der Waals surface area (Å²) in [6.45, 7) is 1.77. The van der Waals surface area contributed by atoms with Gasteiger partial charge in [0.2, 0.25) is 0 Å². The second kappa shape index (κ2) is 7.11. The highest BCUT2D eigenvalue weighted by Gasteiger charge is 2.34. The molecular weight excluding hydrogens is 357 g/mol. The van der Waals surface area contributed by atoms with Gasteiger partial charge in [0.25, 0.3) is 0 Å². The van der Waals surface area contributed by atoms with Crippen LogP contribution in [0.3, 0.4) is 0 Å². The molecule has 1 aliphatic heterocycles. The van der Waals surface area contributed by atoms with E-state index in [0.717, 1.165) is 25.5 Å². The van der Waals surface area contributed by atoms with Gasteiger partial charge >= 0.3 is 6.18 Å². The first-order chi connectivity index (χ1) is 8.86. The molecule has 7 heteroatoms.